The zero-order valence-electron chi connectivity index (χ0n) is 16.7. The van der Waals surface area contributed by atoms with Crippen LogP contribution in [0.1, 0.15) is 65.5 Å². The quantitative estimate of drug-likeness (QED) is 0.525. The lowest BCUT2D eigenvalue weighted by Gasteiger charge is -2.32. The average Bonchev–Trinajstić information content (AvgIpc) is 2.49. The Kier molecular flexibility index (Phi) is 7.46. The minimum Gasteiger partial charge on any atom is -0.367 e. The van der Waals surface area contributed by atoms with Crippen LogP contribution in [0.15, 0.2) is 24.3 Å². The zero-order chi connectivity index (χ0) is 20.2. The van der Waals surface area contributed by atoms with Crippen molar-refractivity contribution < 1.29 is 22.7 Å². The summed E-state index contributed by atoms with van der Waals surface area (Å²) >= 11 is 0. The van der Waals surface area contributed by atoms with E-state index >= 15 is 0 Å². The predicted molar refractivity (Wildman–Crippen MR) is 98.0 cm³/mol. The van der Waals surface area contributed by atoms with E-state index in [9.17, 15) is 18.0 Å². The number of hydrogen-bond donors (Lipinski definition) is 0. The van der Waals surface area contributed by atoms with Gasteiger partial charge < -0.3 is 4.74 Å². The molecule has 0 bridgehead atoms. The number of Topliss-reactive ketones (excluding diaryl/α,β-unsaturated/α-hetero) is 1. The highest BCUT2D eigenvalue weighted by Gasteiger charge is 2.32. The smallest absolute Gasteiger partial charge is 0.367 e. The van der Waals surface area contributed by atoms with Crippen LogP contribution >= 0.6 is 0 Å². The molecule has 0 N–H and O–H groups in total. The fourth-order valence-corrected chi connectivity index (χ4v) is 3.04. The van der Waals surface area contributed by atoms with Crippen LogP contribution < -0.4 is 0 Å². The second-order valence-corrected chi connectivity index (χ2v) is 8.68. The molecule has 0 spiro atoms. The van der Waals surface area contributed by atoms with Crippen LogP contribution in [0.25, 0.3) is 0 Å². The van der Waals surface area contributed by atoms with E-state index in [-0.39, 0.29) is 17.6 Å². The van der Waals surface area contributed by atoms with Crippen LogP contribution in [0.2, 0.25) is 0 Å². The monoisotopic (exact) mass is 372 g/mol. The minimum absolute atomic E-state index is 0.0147. The van der Waals surface area contributed by atoms with Crippen molar-refractivity contribution in [2.75, 3.05) is 6.61 Å². The highest BCUT2D eigenvalue weighted by atomic mass is 19.4. The van der Waals surface area contributed by atoms with Gasteiger partial charge in [0.15, 0.2) is 5.78 Å². The molecule has 1 aromatic carbocycles. The average molecular weight is 372 g/mol. The first-order valence-electron chi connectivity index (χ1n) is 9.06. The van der Waals surface area contributed by atoms with Gasteiger partial charge in [0.25, 0.3) is 0 Å². The third kappa shape index (κ3) is 7.48. The van der Waals surface area contributed by atoms with Crippen molar-refractivity contribution in [3.63, 3.8) is 0 Å². The Bertz CT molecular complexity index is 584. The minimum atomic E-state index is -4.34. The molecule has 0 saturated carbocycles. The normalized spacial score (nSPS) is 13.3. The first-order chi connectivity index (χ1) is 11.7. The number of carbonyl (C=O) groups is 1. The Morgan fingerprint density at radius 3 is 2.04 bits per heavy atom. The maximum atomic E-state index is 12.6. The van der Waals surface area contributed by atoms with Crippen LogP contribution in [-0.4, -0.2) is 18.0 Å². The number of rotatable bonds is 9. The molecule has 5 heteroatoms. The van der Waals surface area contributed by atoms with E-state index in [1.165, 1.54) is 12.1 Å². The van der Waals surface area contributed by atoms with Crippen LogP contribution in [-0.2, 0) is 22.1 Å². The Morgan fingerprint density at radius 2 is 1.58 bits per heavy atom. The van der Waals surface area contributed by atoms with Gasteiger partial charge in [-0.2, -0.15) is 13.2 Å². The molecular weight excluding hydrogens is 341 g/mol. The van der Waals surface area contributed by atoms with E-state index in [0.29, 0.717) is 24.5 Å². The number of carbonyl (C=O) groups excluding carboxylic acids is 1. The van der Waals surface area contributed by atoms with Gasteiger partial charge >= 0.3 is 6.18 Å². The summed E-state index contributed by atoms with van der Waals surface area (Å²) in [7, 11) is 0. The van der Waals surface area contributed by atoms with Crippen molar-refractivity contribution >= 4 is 5.78 Å². The second kappa shape index (κ2) is 8.55. The summed E-state index contributed by atoms with van der Waals surface area (Å²) in [5.41, 5.74) is -0.884. The zero-order valence-corrected chi connectivity index (χ0v) is 16.7. The van der Waals surface area contributed by atoms with Gasteiger partial charge in [0, 0.05) is 6.42 Å². The summed E-state index contributed by atoms with van der Waals surface area (Å²) in [6, 6.07) is 4.96. The van der Waals surface area contributed by atoms with E-state index in [2.05, 4.69) is 27.7 Å². The van der Waals surface area contributed by atoms with E-state index in [1.807, 2.05) is 0 Å². The lowest BCUT2D eigenvalue weighted by atomic mass is 9.84. The molecule has 0 aliphatic rings. The largest absolute Gasteiger partial charge is 0.416 e. The van der Waals surface area contributed by atoms with Gasteiger partial charge in [0.05, 0.1) is 12.2 Å². The molecule has 148 valence electrons. The molecule has 2 nitrogen and oxygen atoms in total. The van der Waals surface area contributed by atoms with Gasteiger partial charge in [-0.1, -0.05) is 39.8 Å². The summed E-state index contributed by atoms with van der Waals surface area (Å²) < 4.78 is 43.6. The van der Waals surface area contributed by atoms with Crippen molar-refractivity contribution in [1.82, 2.24) is 0 Å². The third-order valence-corrected chi connectivity index (χ3v) is 4.38. The van der Waals surface area contributed by atoms with Crippen molar-refractivity contribution in [3.8, 4) is 0 Å². The lowest BCUT2D eigenvalue weighted by Crippen LogP contribution is -2.38. The Balaban J connectivity index is 2.57. The number of halogens is 3. The Hall–Kier alpha value is -1.36. The maximum Gasteiger partial charge on any atom is 0.416 e. The van der Waals surface area contributed by atoms with Crippen molar-refractivity contribution in [2.45, 2.75) is 72.6 Å². The predicted octanol–water partition coefficient (Wildman–Crippen LogP) is 6.07. The molecule has 0 aliphatic heterocycles. The fourth-order valence-electron chi connectivity index (χ4n) is 3.04. The van der Waals surface area contributed by atoms with Gasteiger partial charge in [-0.15, -0.1) is 0 Å². The number of hydrogen-bond acceptors (Lipinski definition) is 2. The number of alkyl halides is 3. The van der Waals surface area contributed by atoms with Crippen LogP contribution in [0, 0.1) is 11.3 Å². The number of benzene rings is 1. The van der Waals surface area contributed by atoms with Crippen LogP contribution in [0.5, 0.6) is 0 Å². The SMILES string of the molecule is CC(C)CC(C)(C)COC(C)(C)C(=O)CCc1ccc(C(F)(F)F)cc1. The number of ketones is 1. The molecule has 0 unspecified atom stereocenters. The molecule has 0 fully saturated rings. The molecule has 0 amide bonds. The maximum absolute atomic E-state index is 12.6. The van der Waals surface area contributed by atoms with Gasteiger partial charge in [0.1, 0.15) is 5.60 Å². The molecular formula is C21H31F3O2. The second-order valence-electron chi connectivity index (χ2n) is 8.68. The van der Waals surface area contributed by atoms with Crippen molar-refractivity contribution in [2.24, 2.45) is 11.3 Å². The molecule has 0 radical (unpaired) electrons. The van der Waals surface area contributed by atoms with E-state index in [4.69, 9.17) is 4.74 Å². The van der Waals surface area contributed by atoms with Gasteiger partial charge in [-0.05, 0) is 55.7 Å². The highest BCUT2D eigenvalue weighted by molar-refractivity contribution is 5.86. The van der Waals surface area contributed by atoms with Gasteiger partial charge in [0.2, 0.25) is 0 Å². The van der Waals surface area contributed by atoms with Crippen molar-refractivity contribution in [1.29, 1.82) is 0 Å². The molecule has 0 saturated heterocycles. The molecule has 26 heavy (non-hydrogen) atoms. The number of aryl methyl sites for hydroxylation is 1. The summed E-state index contributed by atoms with van der Waals surface area (Å²) in [6.45, 7) is 12.6. The number of ether oxygens (including phenoxy) is 1. The van der Waals surface area contributed by atoms with Crippen LogP contribution in [0.3, 0.4) is 0 Å². The van der Waals surface area contributed by atoms with E-state index in [0.717, 1.165) is 18.6 Å². The Morgan fingerprint density at radius 1 is 1.04 bits per heavy atom. The molecule has 0 heterocycles. The molecule has 0 aliphatic carbocycles. The van der Waals surface area contributed by atoms with E-state index < -0.39 is 17.3 Å². The van der Waals surface area contributed by atoms with Crippen LogP contribution in [0.4, 0.5) is 13.2 Å². The van der Waals surface area contributed by atoms with Gasteiger partial charge in [-0.3, -0.25) is 4.79 Å². The molecule has 0 atom stereocenters. The van der Waals surface area contributed by atoms with E-state index in [1.54, 1.807) is 13.8 Å². The first-order valence-corrected chi connectivity index (χ1v) is 9.06. The highest BCUT2D eigenvalue weighted by Crippen LogP contribution is 2.30. The lowest BCUT2D eigenvalue weighted by molar-refractivity contribution is -0.144. The summed E-state index contributed by atoms with van der Waals surface area (Å²) in [6.07, 6.45) is -2.70. The Labute approximate surface area is 155 Å². The summed E-state index contributed by atoms with van der Waals surface area (Å²) in [5.74, 6) is 0.504. The fraction of sp³-hybridized carbons (Fsp3) is 0.667. The first kappa shape index (κ1) is 22.7. The molecule has 1 rings (SSSR count). The van der Waals surface area contributed by atoms with Crippen molar-refractivity contribution in [3.05, 3.63) is 35.4 Å². The third-order valence-electron chi connectivity index (χ3n) is 4.38. The van der Waals surface area contributed by atoms with Gasteiger partial charge in [-0.25, -0.2) is 0 Å². The topological polar surface area (TPSA) is 26.3 Å². The standard InChI is InChI=1S/C21H31F3O2/c1-15(2)13-19(3,4)14-26-20(5,6)18(25)12-9-16-7-10-17(11-8-16)21(22,23)24/h7-8,10-11,15H,9,12-14H2,1-6H3. The molecule has 1 aromatic rings. The summed E-state index contributed by atoms with van der Waals surface area (Å²) in [4.78, 5) is 12.5. The summed E-state index contributed by atoms with van der Waals surface area (Å²) in [5, 5.41) is 0. The molecule has 0 aromatic heterocycles.